The maximum Gasteiger partial charge on any atom is 0.126 e. The van der Waals surface area contributed by atoms with Gasteiger partial charge in [0.15, 0.2) is 0 Å². The fraction of sp³-hybridized carbons (Fsp3) is 0.133. The van der Waals surface area contributed by atoms with Crippen molar-refractivity contribution < 1.29 is 4.42 Å². The molecule has 0 saturated heterocycles. The zero-order valence-corrected chi connectivity index (χ0v) is 10.1. The molecule has 18 heavy (non-hydrogen) atoms. The van der Waals surface area contributed by atoms with Gasteiger partial charge in [0, 0.05) is 5.39 Å². The van der Waals surface area contributed by atoms with Crippen LogP contribution >= 0.6 is 0 Å². The Morgan fingerprint density at radius 1 is 1.06 bits per heavy atom. The fourth-order valence-electron chi connectivity index (χ4n) is 2.13. The van der Waals surface area contributed by atoms with Crippen molar-refractivity contribution in [2.45, 2.75) is 6.04 Å². The lowest BCUT2D eigenvalue weighted by atomic mass is 10.1. The van der Waals surface area contributed by atoms with Gasteiger partial charge in [-0.25, -0.2) is 0 Å². The maximum absolute atomic E-state index is 5.45. The second-order valence-corrected chi connectivity index (χ2v) is 4.17. The number of fused-ring (bicyclic) bond motifs is 1. The minimum Gasteiger partial charge on any atom is -0.467 e. The zero-order valence-electron chi connectivity index (χ0n) is 10.1. The number of furan rings is 1. The van der Waals surface area contributed by atoms with Crippen molar-refractivity contribution in [3.63, 3.8) is 0 Å². The lowest BCUT2D eigenvalue weighted by Gasteiger charge is -2.13. The number of rotatable bonds is 3. The highest BCUT2D eigenvalue weighted by atomic mass is 16.3. The van der Waals surface area contributed by atoms with Crippen LogP contribution in [0, 0.1) is 0 Å². The van der Waals surface area contributed by atoms with E-state index < -0.39 is 0 Å². The first-order valence-electron chi connectivity index (χ1n) is 5.95. The van der Waals surface area contributed by atoms with Crippen molar-refractivity contribution in [1.29, 1.82) is 0 Å². The molecule has 0 saturated carbocycles. The third kappa shape index (κ3) is 1.89. The quantitative estimate of drug-likeness (QED) is 0.761. The van der Waals surface area contributed by atoms with Gasteiger partial charge in [0.25, 0.3) is 0 Å². The van der Waals surface area contributed by atoms with E-state index in [1.54, 1.807) is 6.26 Å². The van der Waals surface area contributed by atoms with Gasteiger partial charge in [-0.2, -0.15) is 0 Å². The van der Waals surface area contributed by atoms with Crippen LogP contribution in [-0.2, 0) is 0 Å². The third-order valence-electron chi connectivity index (χ3n) is 3.03. The van der Waals surface area contributed by atoms with E-state index in [0.29, 0.717) is 0 Å². The summed E-state index contributed by atoms with van der Waals surface area (Å²) < 4.78 is 5.45. The number of hydrogen-bond donors (Lipinski definition) is 1. The first-order chi connectivity index (χ1) is 8.88. The Bertz CT molecular complexity index is 646. The van der Waals surface area contributed by atoms with Crippen LogP contribution in [0.3, 0.4) is 0 Å². The third-order valence-corrected chi connectivity index (χ3v) is 3.03. The van der Waals surface area contributed by atoms with Crippen LogP contribution in [0.15, 0.2) is 59.2 Å². The summed E-state index contributed by atoms with van der Waals surface area (Å²) in [5, 5.41) is 4.38. The van der Waals surface area contributed by atoms with Gasteiger partial charge in [-0.3, -0.25) is 4.98 Å². The van der Waals surface area contributed by atoms with Gasteiger partial charge in [0.1, 0.15) is 11.8 Å². The van der Waals surface area contributed by atoms with Crippen molar-refractivity contribution in [2.24, 2.45) is 0 Å². The highest BCUT2D eigenvalue weighted by Gasteiger charge is 2.16. The largest absolute Gasteiger partial charge is 0.467 e. The molecule has 3 rings (SSSR count). The Kier molecular flexibility index (Phi) is 2.82. The van der Waals surface area contributed by atoms with E-state index in [4.69, 9.17) is 4.42 Å². The van der Waals surface area contributed by atoms with E-state index in [1.807, 2.05) is 43.4 Å². The molecule has 3 heteroatoms. The first-order valence-corrected chi connectivity index (χ1v) is 5.95. The van der Waals surface area contributed by atoms with Crippen molar-refractivity contribution in [3.05, 3.63) is 66.2 Å². The minimum absolute atomic E-state index is 0.00962. The predicted octanol–water partition coefficient (Wildman–Crippen LogP) is 3.14. The zero-order chi connectivity index (χ0) is 12.4. The molecular formula is C15H14N2O. The minimum atomic E-state index is -0.00962. The van der Waals surface area contributed by atoms with Crippen LogP contribution in [0.4, 0.5) is 0 Å². The van der Waals surface area contributed by atoms with E-state index in [0.717, 1.165) is 22.4 Å². The van der Waals surface area contributed by atoms with Crippen LogP contribution in [0.1, 0.15) is 17.5 Å². The van der Waals surface area contributed by atoms with Gasteiger partial charge in [-0.15, -0.1) is 0 Å². The second kappa shape index (κ2) is 4.63. The highest BCUT2D eigenvalue weighted by Crippen LogP contribution is 2.22. The topological polar surface area (TPSA) is 38.1 Å². The van der Waals surface area contributed by atoms with Gasteiger partial charge in [0.05, 0.1) is 17.5 Å². The van der Waals surface area contributed by atoms with E-state index in [2.05, 4.69) is 22.4 Å². The smallest absolute Gasteiger partial charge is 0.126 e. The lowest BCUT2D eigenvalue weighted by molar-refractivity contribution is 0.459. The SMILES string of the molecule is CNC(c1ccc2ccccc2n1)c1ccco1. The number of nitrogens with zero attached hydrogens (tertiary/aromatic N) is 1. The average Bonchev–Trinajstić information content (AvgIpc) is 2.93. The number of aromatic nitrogens is 1. The lowest BCUT2D eigenvalue weighted by Crippen LogP contribution is -2.18. The monoisotopic (exact) mass is 238 g/mol. The summed E-state index contributed by atoms with van der Waals surface area (Å²) in [5.74, 6) is 0.875. The van der Waals surface area contributed by atoms with Crippen LogP contribution in [0.2, 0.25) is 0 Å². The molecule has 2 aromatic heterocycles. The molecule has 0 aliphatic heterocycles. The van der Waals surface area contributed by atoms with Crippen molar-refractivity contribution in [1.82, 2.24) is 10.3 Å². The molecule has 0 radical (unpaired) electrons. The van der Waals surface area contributed by atoms with Gasteiger partial charge in [-0.05, 0) is 31.3 Å². The van der Waals surface area contributed by atoms with Crippen molar-refractivity contribution in [2.75, 3.05) is 7.05 Å². The van der Waals surface area contributed by atoms with Crippen LogP contribution < -0.4 is 5.32 Å². The van der Waals surface area contributed by atoms with Crippen molar-refractivity contribution >= 4 is 10.9 Å². The van der Waals surface area contributed by atoms with Crippen LogP contribution in [0.5, 0.6) is 0 Å². The van der Waals surface area contributed by atoms with Gasteiger partial charge in [0.2, 0.25) is 0 Å². The molecule has 0 aliphatic rings. The summed E-state index contributed by atoms with van der Waals surface area (Å²) in [6.45, 7) is 0. The molecule has 1 N–H and O–H groups in total. The summed E-state index contributed by atoms with van der Waals surface area (Å²) in [7, 11) is 1.91. The normalized spacial score (nSPS) is 12.7. The van der Waals surface area contributed by atoms with E-state index in [-0.39, 0.29) is 6.04 Å². The fourth-order valence-corrected chi connectivity index (χ4v) is 2.13. The summed E-state index contributed by atoms with van der Waals surface area (Å²) in [5.41, 5.74) is 1.97. The maximum atomic E-state index is 5.45. The molecule has 0 spiro atoms. The Balaban J connectivity index is 2.07. The molecule has 0 fully saturated rings. The molecule has 90 valence electrons. The first kappa shape index (κ1) is 11.0. The number of pyridine rings is 1. The Labute approximate surface area is 105 Å². The molecule has 0 amide bonds. The Hall–Kier alpha value is -2.13. The molecular weight excluding hydrogens is 224 g/mol. The molecule has 3 aromatic rings. The predicted molar refractivity (Wildman–Crippen MR) is 71.4 cm³/mol. The van der Waals surface area contributed by atoms with Gasteiger partial charge < -0.3 is 9.73 Å². The molecule has 0 bridgehead atoms. The Morgan fingerprint density at radius 3 is 2.72 bits per heavy atom. The second-order valence-electron chi connectivity index (χ2n) is 4.17. The molecule has 2 heterocycles. The molecule has 1 aromatic carbocycles. The molecule has 3 nitrogen and oxygen atoms in total. The number of nitrogens with one attached hydrogen (secondary N) is 1. The Morgan fingerprint density at radius 2 is 1.94 bits per heavy atom. The van der Waals surface area contributed by atoms with Crippen molar-refractivity contribution in [3.8, 4) is 0 Å². The number of para-hydroxylation sites is 1. The van der Waals surface area contributed by atoms with E-state index in [1.165, 1.54) is 0 Å². The average molecular weight is 238 g/mol. The van der Waals surface area contributed by atoms with E-state index in [9.17, 15) is 0 Å². The standard InChI is InChI=1S/C15H14N2O/c1-16-15(14-7-4-10-18-14)13-9-8-11-5-2-3-6-12(11)17-13/h2-10,15-16H,1H3. The summed E-state index contributed by atoms with van der Waals surface area (Å²) >= 11 is 0. The summed E-state index contributed by atoms with van der Waals surface area (Å²) in [6.07, 6.45) is 1.68. The van der Waals surface area contributed by atoms with Gasteiger partial charge in [-0.1, -0.05) is 24.3 Å². The number of hydrogen-bond acceptors (Lipinski definition) is 3. The van der Waals surface area contributed by atoms with E-state index >= 15 is 0 Å². The molecule has 1 unspecified atom stereocenters. The van der Waals surface area contributed by atoms with Crippen LogP contribution in [0.25, 0.3) is 10.9 Å². The summed E-state index contributed by atoms with van der Waals surface area (Å²) in [6, 6.07) is 16.1. The van der Waals surface area contributed by atoms with Gasteiger partial charge >= 0.3 is 0 Å². The van der Waals surface area contributed by atoms with Crippen LogP contribution in [-0.4, -0.2) is 12.0 Å². The molecule has 0 aliphatic carbocycles. The summed E-state index contributed by atoms with van der Waals surface area (Å²) in [4.78, 5) is 4.68. The number of benzene rings is 1. The highest BCUT2D eigenvalue weighted by molar-refractivity contribution is 5.78. The molecule has 1 atom stereocenters.